The Hall–Kier alpha value is -2.83. The Morgan fingerprint density at radius 3 is 2.11 bits per heavy atom. The van der Waals surface area contributed by atoms with Crippen LogP contribution in [0.4, 0.5) is 17.1 Å². The molecule has 2 rings (SSSR count). The number of carbonyl (C=O) groups excluding carboxylic acids is 1. The Labute approximate surface area is 153 Å². The Morgan fingerprint density at radius 2 is 1.63 bits per heavy atom. The first-order valence-corrected chi connectivity index (χ1v) is 8.21. The van der Waals surface area contributed by atoms with Crippen molar-refractivity contribution in [2.45, 2.75) is 0 Å². The summed E-state index contributed by atoms with van der Waals surface area (Å²) in [7, 11) is 0. The van der Waals surface area contributed by atoms with Crippen molar-refractivity contribution in [1.29, 1.82) is 0 Å². The van der Waals surface area contributed by atoms with Gasteiger partial charge in [0.25, 0.3) is 17.3 Å². The van der Waals surface area contributed by atoms with Crippen LogP contribution in [-0.4, -0.2) is 83.5 Å². The zero-order valence-electron chi connectivity index (χ0n) is 14.4. The third-order valence-corrected chi connectivity index (χ3v) is 4.10. The summed E-state index contributed by atoms with van der Waals surface area (Å²) in [5, 5.41) is 41.2. The van der Waals surface area contributed by atoms with Gasteiger partial charge in [0.05, 0.1) is 42.3 Å². The van der Waals surface area contributed by atoms with Crippen LogP contribution in [0.3, 0.4) is 0 Å². The van der Waals surface area contributed by atoms with Crippen LogP contribution in [0, 0.1) is 20.2 Å². The maximum atomic E-state index is 12.8. The number of ether oxygens (including phenoxy) is 1. The van der Waals surface area contributed by atoms with E-state index in [1.165, 1.54) is 9.80 Å². The lowest BCUT2D eigenvalue weighted by molar-refractivity contribution is -0.393. The minimum absolute atomic E-state index is 0.0512. The largest absolute Gasteiger partial charge is 0.395 e. The zero-order valence-corrected chi connectivity index (χ0v) is 14.4. The fourth-order valence-electron chi connectivity index (χ4n) is 2.82. The Morgan fingerprint density at radius 1 is 1.07 bits per heavy atom. The van der Waals surface area contributed by atoms with Crippen LogP contribution in [0.15, 0.2) is 12.1 Å². The smallest absolute Gasteiger partial charge is 0.299 e. The van der Waals surface area contributed by atoms with E-state index < -0.39 is 27.1 Å². The number of hydrogen-bond acceptors (Lipinski definition) is 9. The van der Waals surface area contributed by atoms with Gasteiger partial charge in [0.15, 0.2) is 0 Å². The number of rotatable bonds is 8. The topological polar surface area (TPSA) is 160 Å². The first-order valence-electron chi connectivity index (χ1n) is 8.21. The SMILES string of the molecule is O=C(c1cc(N(CCO)CCO)c([N+](=O)[O-])cc1[N+](=O)[O-])N1CCOCC1. The number of anilines is 1. The Balaban J connectivity index is 2.59. The summed E-state index contributed by atoms with van der Waals surface area (Å²) in [5.41, 5.74) is -1.62. The molecule has 0 aromatic heterocycles. The standard InChI is InChI=1S/C15H20N4O8/c20-5-1-16(2-6-21)13-9-11(15(22)17-3-7-27-8-4-17)12(18(23)24)10-14(13)19(25)26/h9-10,20-21H,1-8H2. The summed E-state index contributed by atoms with van der Waals surface area (Å²) in [6.45, 7) is 0.260. The Bertz CT molecular complexity index is 714. The normalized spacial score (nSPS) is 14.1. The van der Waals surface area contributed by atoms with Gasteiger partial charge in [-0.1, -0.05) is 0 Å². The maximum Gasteiger partial charge on any atom is 0.299 e. The number of nitro benzene ring substituents is 2. The summed E-state index contributed by atoms with van der Waals surface area (Å²) in [6.07, 6.45) is 0. The van der Waals surface area contributed by atoms with Gasteiger partial charge in [-0.3, -0.25) is 25.0 Å². The third-order valence-electron chi connectivity index (χ3n) is 4.10. The molecule has 0 bridgehead atoms. The predicted octanol–water partition coefficient (Wildman–Crippen LogP) is -0.234. The number of carbonyl (C=O) groups is 1. The van der Waals surface area contributed by atoms with Gasteiger partial charge >= 0.3 is 0 Å². The van der Waals surface area contributed by atoms with Crippen LogP contribution in [-0.2, 0) is 4.74 Å². The van der Waals surface area contributed by atoms with Gasteiger partial charge in [-0.15, -0.1) is 0 Å². The number of hydrogen-bond donors (Lipinski definition) is 2. The molecule has 1 amide bonds. The summed E-state index contributed by atoms with van der Waals surface area (Å²) in [6, 6.07) is 1.82. The van der Waals surface area contributed by atoms with Crippen LogP contribution in [0.2, 0.25) is 0 Å². The monoisotopic (exact) mass is 384 g/mol. The highest BCUT2D eigenvalue weighted by atomic mass is 16.6. The zero-order chi connectivity index (χ0) is 20.0. The van der Waals surface area contributed by atoms with Gasteiger partial charge in [-0.2, -0.15) is 0 Å². The van der Waals surface area contributed by atoms with E-state index in [4.69, 9.17) is 4.74 Å². The van der Waals surface area contributed by atoms with Crippen LogP contribution < -0.4 is 4.90 Å². The molecule has 0 atom stereocenters. The quantitative estimate of drug-likeness (QED) is 0.455. The molecule has 1 aromatic carbocycles. The number of nitro groups is 2. The first kappa shape index (κ1) is 20.5. The molecule has 0 spiro atoms. The first-order chi connectivity index (χ1) is 12.9. The van der Waals surface area contributed by atoms with Crippen LogP contribution >= 0.6 is 0 Å². The maximum absolute atomic E-state index is 12.8. The molecule has 148 valence electrons. The van der Waals surface area contributed by atoms with E-state index in [0.717, 1.165) is 12.1 Å². The van der Waals surface area contributed by atoms with E-state index in [9.17, 15) is 35.2 Å². The number of aliphatic hydroxyl groups excluding tert-OH is 2. The van der Waals surface area contributed by atoms with E-state index in [1.807, 2.05) is 0 Å². The van der Waals surface area contributed by atoms with Crippen LogP contribution in [0.1, 0.15) is 10.4 Å². The number of aliphatic hydroxyl groups is 2. The third kappa shape index (κ3) is 4.67. The fourth-order valence-corrected chi connectivity index (χ4v) is 2.82. The lowest BCUT2D eigenvalue weighted by Crippen LogP contribution is -2.41. The Kier molecular flexibility index (Phi) is 6.98. The second-order valence-corrected chi connectivity index (χ2v) is 5.71. The number of amides is 1. The van der Waals surface area contributed by atoms with E-state index in [-0.39, 0.29) is 50.6 Å². The van der Waals surface area contributed by atoms with E-state index >= 15 is 0 Å². The van der Waals surface area contributed by atoms with Gasteiger partial charge in [0.1, 0.15) is 11.3 Å². The molecule has 1 aromatic rings. The average Bonchev–Trinajstić information content (AvgIpc) is 2.66. The number of benzene rings is 1. The minimum Gasteiger partial charge on any atom is -0.395 e. The molecular formula is C15H20N4O8. The van der Waals surface area contributed by atoms with Crippen LogP contribution in [0.25, 0.3) is 0 Å². The van der Waals surface area contributed by atoms with Crippen molar-refractivity contribution in [1.82, 2.24) is 4.90 Å². The van der Waals surface area contributed by atoms with Crippen molar-refractivity contribution < 1.29 is 29.6 Å². The van der Waals surface area contributed by atoms with Crippen LogP contribution in [0.5, 0.6) is 0 Å². The second kappa shape index (κ2) is 9.21. The molecule has 1 fully saturated rings. The molecule has 12 heteroatoms. The van der Waals surface area contributed by atoms with E-state index in [0.29, 0.717) is 13.2 Å². The van der Waals surface area contributed by atoms with Gasteiger partial charge in [-0.05, 0) is 6.07 Å². The summed E-state index contributed by atoms with van der Waals surface area (Å²) < 4.78 is 5.16. The lowest BCUT2D eigenvalue weighted by Gasteiger charge is -2.27. The molecule has 0 radical (unpaired) electrons. The fraction of sp³-hybridized carbons (Fsp3) is 0.533. The van der Waals surface area contributed by atoms with E-state index in [2.05, 4.69) is 0 Å². The average molecular weight is 384 g/mol. The van der Waals surface area contributed by atoms with Gasteiger partial charge in [0, 0.05) is 26.2 Å². The van der Waals surface area contributed by atoms with Crippen molar-refractivity contribution in [2.75, 3.05) is 57.5 Å². The van der Waals surface area contributed by atoms with Crippen molar-refractivity contribution in [2.24, 2.45) is 0 Å². The highest BCUT2D eigenvalue weighted by molar-refractivity contribution is 6.00. The molecule has 0 aliphatic carbocycles. The van der Waals surface area contributed by atoms with Crippen molar-refractivity contribution in [3.63, 3.8) is 0 Å². The van der Waals surface area contributed by atoms with Gasteiger partial charge in [-0.25, -0.2) is 0 Å². The highest BCUT2D eigenvalue weighted by Gasteiger charge is 2.32. The summed E-state index contributed by atoms with van der Waals surface area (Å²) in [5.74, 6) is -0.630. The van der Waals surface area contributed by atoms with Crippen molar-refractivity contribution >= 4 is 23.0 Å². The number of morpholine rings is 1. The molecule has 0 unspecified atom stereocenters. The molecule has 12 nitrogen and oxygen atoms in total. The number of nitrogens with zero attached hydrogens (tertiary/aromatic N) is 4. The molecule has 0 saturated carbocycles. The highest BCUT2D eigenvalue weighted by Crippen LogP contribution is 2.35. The lowest BCUT2D eigenvalue weighted by atomic mass is 10.1. The molecular weight excluding hydrogens is 364 g/mol. The predicted molar refractivity (Wildman–Crippen MR) is 92.9 cm³/mol. The van der Waals surface area contributed by atoms with Gasteiger partial charge < -0.3 is 24.7 Å². The van der Waals surface area contributed by atoms with E-state index in [1.54, 1.807) is 0 Å². The molecule has 1 aliphatic rings. The van der Waals surface area contributed by atoms with Crippen molar-refractivity contribution in [3.8, 4) is 0 Å². The van der Waals surface area contributed by atoms with Crippen molar-refractivity contribution in [3.05, 3.63) is 37.9 Å². The summed E-state index contributed by atoms with van der Waals surface area (Å²) in [4.78, 5) is 36.6. The second-order valence-electron chi connectivity index (χ2n) is 5.71. The van der Waals surface area contributed by atoms with Gasteiger partial charge in [0.2, 0.25) is 0 Å². The molecule has 1 heterocycles. The summed E-state index contributed by atoms with van der Waals surface area (Å²) >= 11 is 0. The molecule has 2 N–H and O–H groups in total. The molecule has 1 saturated heterocycles. The molecule has 1 aliphatic heterocycles. The molecule has 27 heavy (non-hydrogen) atoms. The minimum atomic E-state index is -0.840.